The van der Waals surface area contributed by atoms with Crippen LogP contribution in [-0.4, -0.2) is 37.7 Å². The van der Waals surface area contributed by atoms with Crippen LogP contribution in [0.5, 0.6) is 0 Å². The Morgan fingerprint density at radius 1 is 0.971 bits per heavy atom. The Kier molecular flexibility index (Phi) is 6.63. The van der Waals surface area contributed by atoms with Gasteiger partial charge in [-0.05, 0) is 53.5 Å². The lowest BCUT2D eigenvalue weighted by Crippen LogP contribution is -2.14. The van der Waals surface area contributed by atoms with Crippen LogP contribution >= 0.6 is 34.8 Å². The quantitative estimate of drug-likeness (QED) is 0.268. The lowest BCUT2D eigenvalue weighted by atomic mass is 10.3. The van der Waals surface area contributed by atoms with E-state index in [1.807, 2.05) is 0 Å². The van der Waals surface area contributed by atoms with Crippen LogP contribution in [0.15, 0.2) is 68.6 Å². The van der Waals surface area contributed by atoms with Crippen molar-refractivity contribution in [3.63, 3.8) is 0 Å². The fourth-order valence-electron chi connectivity index (χ4n) is 2.75. The second-order valence-corrected chi connectivity index (χ2v) is 8.84. The van der Waals surface area contributed by atoms with Crippen molar-refractivity contribution in [3.8, 4) is 5.69 Å². The lowest BCUT2D eigenvalue weighted by Gasteiger charge is -2.11. The van der Waals surface area contributed by atoms with Crippen molar-refractivity contribution in [1.82, 2.24) is 24.7 Å². The van der Waals surface area contributed by atoms with Gasteiger partial charge in [0.1, 0.15) is 15.8 Å². The number of azo groups is 1. The summed E-state index contributed by atoms with van der Waals surface area (Å²) in [6.45, 7) is 0. The molecule has 0 radical (unpaired) electrons. The molecule has 0 spiro atoms. The molecule has 0 aliphatic carbocycles. The Bertz CT molecular complexity index is 1570. The molecule has 4 aromatic rings. The molecular formula is C18H10Cl3N8O4S-. The van der Waals surface area contributed by atoms with Gasteiger partial charge < -0.3 is 9.87 Å². The summed E-state index contributed by atoms with van der Waals surface area (Å²) in [5, 5.41) is 13.0. The molecule has 0 amide bonds. The fraction of sp³-hybridized carbons (Fsp3) is 0. The Labute approximate surface area is 206 Å². The molecule has 0 saturated heterocycles. The van der Waals surface area contributed by atoms with Crippen LogP contribution in [0.3, 0.4) is 0 Å². The number of halogens is 3. The SMILES string of the molecule is O=c1c(N=Nc2cc(Nc3nc(Cl)nc(Cl)n3)ccc2S(=O)(=O)[O-])c[nH]n1-c1ccccc1Cl. The van der Waals surface area contributed by atoms with Gasteiger partial charge in [-0.2, -0.15) is 15.0 Å². The number of benzene rings is 2. The van der Waals surface area contributed by atoms with Gasteiger partial charge in [-0.15, -0.1) is 10.2 Å². The summed E-state index contributed by atoms with van der Waals surface area (Å²) < 4.78 is 36.2. The summed E-state index contributed by atoms with van der Waals surface area (Å²) in [4.78, 5) is 23.3. The second-order valence-electron chi connectivity index (χ2n) is 6.41. The van der Waals surface area contributed by atoms with Gasteiger partial charge in [0.2, 0.25) is 16.5 Å². The molecule has 0 fully saturated rings. The fourth-order valence-corrected chi connectivity index (χ4v) is 3.92. The molecular weight excluding hydrogens is 531 g/mol. The third-order valence-corrected chi connectivity index (χ3v) is 5.72. The first-order valence-electron chi connectivity index (χ1n) is 9.03. The zero-order valence-electron chi connectivity index (χ0n) is 16.5. The van der Waals surface area contributed by atoms with E-state index in [-0.39, 0.29) is 33.6 Å². The molecule has 0 aliphatic heterocycles. The Hall–Kier alpha value is -3.36. The molecule has 2 aromatic heterocycles. The molecule has 0 aliphatic rings. The molecule has 174 valence electrons. The van der Waals surface area contributed by atoms with Crippen molar-refractivity contribution < 1.29 is 13.0 Å². The summed E-state index contributed by atoms with van der Waals surface area (Å²) in [6, 6.07) is 10.1. The number of para-hydroxylation sites is 1. The van der Waals surface area contributed by atoms with Gasteiger partial charge in [0.15, 0.2) is 5.69 Å². The Morgan fingerprint density at radius 2 is 1.65 bits per heavy atom. The number of nitrogens with zero attached hydrogens (tertiary/aromatic N) is 6. The monoisotopic (exact) mass is 539 g/mol. The maximum atomic E-state index is 12.7. The number of hydrogen-bond acceptors (Lipinski definition) is 10. The minimum Gasteiger partial charge on any atom is -0.744 e. The average Bonchev–Trinajstić information content (AvgIpc) is 3.11. The molecule has 12 nitrogen and oxygen atoms in total. The number of aromatic nitrogens is 5. The van der Waals surface area contributed by atoms with Gasteiger partial charge in [0.25, 0.3) is 5.56 Å². The van der Waals surface area contributed by atoms with Gasteiger partial charge in [0.05, 0.1) is 21.8 Å². The van der Waals surface area contributed by atoms with Crippen LogP contribution in [0.1, 0.15) is 0 Å². The van der Waals surface area contributed by atoms with Crippen molar-refractivity contribution in [1.29, 1.82) is 0 Å². The lowest BCUT2D eigenvalue weighted by molar-refractivity contribution is 0.463. The maximum Gasteiger partial charge on any atom is 0.299 e. The first-order chi connectivity index (χ1) is 16.1. The zero-order valence-corrected chi connectivity index (χ0v) is 19.6. The third-order valence-electron chi connectivity index (χ3n) is 4.18. The Morgan fingerprint density at radius 3 is 2.32 bits per heavy atom. The highest BCUT2D eigenvalue weighted by molar-refractivity contribution is 7.86. The highest BCUT2D eigenvalue weighted by Crippen LogP contribution is 2.30. The molecule has 34 heavy (non-hydrogen) atoms. The number of aromatic amines is 1. The summed E-state index contributed by atoms with van der Waals surface area (Å²) in [5.74, 6) is -0.0427. The highest BCUT2D eigenvalue weighted by atomic mass is 35.5. The van der Waals surface area contributed by atoms with Crippen LogP contribution in [0.2, 0.25) is 15.6 Å². The van der Waals surface area contributed by atoms with Crippen LogP contribution in [0, 0.1) is 0 Å². The van der Waals surface area contributed by atoms with Gasteiger partial charge in [-0.1, -0.05) is 23.7 Å². The summed E-state index contributed by atoms with van der Waals surface area (Å²) in [5.41, 5.74) is -0.506. The highest BCUT2D eigenvalue weighted by Gasteiger charge is 2.13. The molecule has 2 aromatic carbocycles. The number of H-pyrrole nitrogens is 1. The van der Waals surface area contributed by atoms with Crippen molar-refractivity contribution in [2.75, 3.05) is 5.32 Å². The average molecular weight is 541 g/mol. The van der Waals surface area contributed by atoms with Crippen LogP contribution in [-0.2, 0) is 10.1 Å². The van der Waals surface area contributed by atoms with E-state index in [2.05, 4.69) is 35.6 Å². The van der Waals surface area contributed by atoms with Gasteiger partial charge in [-0.25, -0.2) is 13.1 Å². The van der Waals surface area contributed by atoms with Crippen LogP contribution in [0.25, 0.3) is 5.69 Å². The van der Waals surface area contributed by atoms with E-state index in [1.165, 1.54) is 18.3 Å². The topological polar surface area (TPSA) is 170 Å². The van der Waals surface area contributed by atoms with Crippen LogP contribution in [0.4, 0.5) is 23.0 Å². The Balaban J connectivity index is 1.71. The van der Waals surface area contributed by atoms with E-state index in [0.717, 1.165) is 10.7 Å². The predicted octanol–water partition coefficient (Wildman–Crippen LogP) is 4.37. The van der Waals surface area contributed by atoms with Crippen molar-refractivity contribution in [2.24, 2.45) is 10.2 Å². The normalized spacial score (nSPS) is 11.8. The minimum atomic E-state index is -4.92. The van der Waals surface area contributed by atoms with Gasteiger partial charge >= 0.3 is 0 Å². The molecule has 0 atom stereocenters. The van der Waals surface area contributed by atoms with E-state index in [0.29, 0.717) is 10.7 Å². The molecule has 0 bridgehead atoms. The smallest absolute Gasteiger partial charge is 0.299 e. The summed E-state index contributed by atoms with van der Waals surface area (Å²) in [7, 11) is -4.92. The predicted molar refractivity (Wildman–Crippen MR) is 123 cm³/mol. The minimum absolute atomic E-state index is 0.0427. The molecule has 16 heteroatoms. The van der Waals surface area contributed by atoms with E-state index in [1.54, 1.807) is 24.3 Å². The summed E-state index contributed by atoms with van der Waals surface area (Å²) >= 11 is 17.6. The number of anilines is 2. The van der Waals surface area contributed by atoms with E-state index >= 15 is 0 Å². The van der Waals surface area contributed by atoms with Crippen molar-refractivity contribution in [3.05, 3.63) is 74.6 Å². The van der Waals surface area contributed by atoms with E-state index in [9.17, 15) is 17.8 Å². The van der Waals surface area contributed by atoms with Gasteiger partial charge in [-0.3, -0.25) is 9.89 Å². The van der Waals surface area contributed by atoms with E-state index in [4.69, 9.17) is 34.8 Å². The maximum absolute atomic E-state index is 12.7. The van der Waals surface area contributed by atoms with Crippen molar-refractivity contribution in [2.45, 2.75) is 4.90 Å². The number of rotatable bonds is 6. The molecule has 2 heterocycles. The molecule has 0 unspecified atom stereocenters. The van der Waals surface area contributed by atoms with E-state index < -0.39 is 20.6 Å². The van der Waals surface area contributed by atoms with Gasteiger partial charge in [0, 0.05) is 5.69 Å². The number of hydrogen-bond donors (Lipinski definition) is 2. The number of nitrogens with one attached hydrogen (secondary N) is 2. The zero-order chi connectivity index (χ0) is 24.5. The van der Waals surface area contributed by atoms with Crippen molar-refractivity contribution >= 4 is 67.9 Å². The first-order valence-corrected chi connectivity index (χ1v) is 11.6. The molecule has 0 saturated carbocycles. The van der Waals surface area contributed by atoms with Crippen LogP contribution < -0.4 is 10.9 Å². The standard InChI is InChI=1S/C18H11Cl3N8O4S/c19-10-3-1-2-4-13(10)29-15(30)12(8-22-29)28-27-11-7-9(5-6-14(11)34(31,32)33)23-18-25-16(20)24-17(21)26-18/h1-8,22H,(H,31,32,33)(H,23,24,25,26)/p-1. The first kappa shape index (κ1) is 23.8. The molecule has 4 rings (SSSR count). The molecule has 2 N–H and O–H groups in total. The second kappa shape index (κ2) is 9.48. The largest absolute Gasteiger partial charge is 0.744 e. The summed E-state index contributed by atoms with van der Waals surface area (Å²) in [6.07, 6.45) is 1.25. The third kappa shape index (κ3) is 5.24.